The molecule has 0 spiro atoms. The number of benzene rings is 3. The predicted octanol–water partition coefficient (Wildman–Crippen LogP) is 9.06. The molecule has 1 aliphatic carbocycles. The standard InChI is InChI=1S/C37H47FSi/c1-23-16-24(2)18-33(17-23)39-37(22-28-12-14-32(38)15-13-28)27(5)25(3)26(4)34(37)29-19-30(35(6,7)8)21-31(20-29)36(9,10)11/h12-21H,22,39H2,1-11H3. The summed E-state index contributed by atoms with van der Waals surface area (Å²) in [7, 11) is -0.843. The molecule has 0 nitrogen and oxygen atoms in total. The van der Waals surface area contributed by atoms with Crippen LogP contribution in [0.1, 0.15) is 95.7 Å². The maximum atomic E-state index is 14.0. The SMILES string of the molecule is CC1=C(C)C(Cc2ccc(F)cc2)([SiH2]c2cc(C)cc(C)c2)C(c2cc(C(C)(C)C)cc(C(C)(C)C)c2)=C1C. The summed E-state index contributed by atoms with van der Waals surface area (Å²) in [5.41, 5.74) is 13.9. The van der Waals surface area contributed by atoms with Crippen LogP contribution in [-0.2, 0) is 17.3 Å². The molecule has 0 N–H and O–H groups in total. The molecule has 0 amide bonds. The van der Waals surface area contributed by atoms with Crippen molar-refractivity contribution in [3.63, 3.8) is 0 Å². The summed E-state index contributed by atoms with van der Waals surface area (Å²) in [6.45, 7) is 25.3. The van der Waals surface area contributed by atoms with Crippen LogP contribution in [0.25, 0.3) is 5.57 Å². The zero-order valence-corrected chi connectivity index (χ0v) is 27.5. The summed E-state index contributed by atoms with van der Waals surface area (Å²) in [6, 6.07) is 21.7. The van der Waals surface area contributed by atoms with E-state index in [0.717, 1.165) is 6.42 Å². The van der Waals surface area contributed by atoms with Crippen LogP contribution in [0, 0.1) is 19.7 Å². The van der Waals surface area contributed by atoms with E-state index in [4.69, 9.17) is 0 Å². The fourth-order valence-electron chi connectivity index (χ4n) is 6.48. The first kappa shape index (κ1) is 29.3. The van der Waals surface area contributed by atoms with Gasteiger partial charge in [0.25, 0.3) is 0 Å². The lowest BCUT2D eigenvalue weighted by Gasteiger charge is -2.37. The van der Waals surface area contributed by atoms with Gasteiger partial charge in [-0.15, -0.1) is 0 Å². The number of halogens is 1. The van der Waals surface area contributed by atoms with E-state index in [2.05, 4.69) is 113 Å². The van der Waals surface area contributed by atoms with Gasteiger partial charge in [0.2, 0.25) is 0 Å². The summed E-state index contributed by atoms with van der Waals surface area (Å²) in [5, 5.41) is 1.41. The Bertz CT molecular complexity index is 1400. The van der Waals surface area contributed by atoms with Crippen molar-refractivity contribution in [3.8, 4) is 0 Å². The van der Waals surface area contributed by atoms with Crippen LogP contribution < -0.4 is 5.19 Å². The molecule has 39 heavy (non-hydrogen) atoms. The van der Waals surface area contributed by atoms with E-state index >= 15 is 0 Å². The number of hydrogen-bond acceptors (Lipinski definition) is 0. The van der Waals surface area contributed by atoms with Crippen molar-refractivity contribution in [2.24, 2.45) is 0 Å². The van der Waals surface area contributed by atoms with Gasteiger partial charge >= 0.3 is 0 Å². The number of hydrogen-bond donors (Lipinski definition) is 0. The molecule has 1 atom stereocenters. The fourth-order valence-corrected chi connectivity index (χ4v) is 9.61. The highest BCUT2D eigenvalue weighted by Crippen LogP contribution is 2.58. The van der Waals surface area contributed by atoms with Gasteiger partial charge < -0.3 is 0 Å². The molecule has 0 saturated carbocycles. The van der Waals surface area contributed by atoms with E-state index in [-0.39, 0.29) is 21.7 Å². The van der Waals surface area contributed by atoms with Crippen molar-refractivity contribution in [1.82, 2.24) is 0 Å². The Balaban J connectivity index is 2.03. The van der Waals surface area contributed by atoms with Gasteiger partial charge in [-0.25, -0.2) is 4.39 Å². The highest BCUT2D eigenvalue weighted by molar-refractivity contribution is 6.61. The smallest absolute Gasteiger partial charge is 0.123 e. The first-order valence-corrected chi connectivity index (χ1v) is 15.8. The number of rotatable bonds is 5. The van der Waals surface area contributed by atoms with Crippen LogP contribution >= 0.6 is 0 Å². The van der Waals surface area contributed by atoms with Crippen molar-refractivity contribution in [1.29, 1.82) is 0 Å². The molecular formula is C37H47FSi. The van der Waals surface area contributed by atoms with E-state index in [0.29, 0.717) is 0 Å². The van der Waals surface area contributed by atoms with E-state index in [1.165, 1.54) is 60.9 Å². The lowest BCUT2D eigenvalue weighted by molar-refractivity contribution is 0.568. The Hall–Kier alpha value is -2.71. The summed E-state index contributed by atoms with van der Waals surface area (Å²) in [4.78, 5) is 0. The summed E-state index contributed by atoms with van der Waals surface area (Å²) < 4.78 is 14.0. The number of aryl methyl sites for hydroxylation is 2. The molecule has 3 aromatic rings. The second kappa shape index (κ2) is 10.4. The molecule has 0 saturated heterocycles. The van der Waals surface area contributed by atoms with Gasteiger partial charge in [0.05, 0.1) is 9.52 Å². The van der Waals surface area contributed by atoms with Gasteiger partial charge in [-0.05, 0) is 103 Å². The molecule has 2 heteroatoms. The van der Waals surface area contributed by atoms with Crippen LogP contribution in [0.5, 0.6) is 0 Å². The summed E-state index contributed by atoms with van der Waals surface area (Å²) in [6.07, 6.45) is 0.896. The van der Waals surface area contributed by atoms with Crippen LogP contribution in [-0.4, -0.2) is 9.52 Å². The predicted molar refractivity (Wildman–Crippen MR) is 172 cm³/mol. The molecular weight excluding hydrogens is 491 g/mol. The number of allylic oxidation sites excluding steroid dienone is 4. The maximum absolute atomic E-state index is 14.0. The molecule has 0 bridgehead atoms. The molecule has 0 heterocycles. The molecule has 0 radical (unpaired) electrons. The van der Waals surface area contributed by atoms with Crippen molar-refractivity contribution >= 4 is 20.3 Å². The lowest BCUT2D eigenvalue weighted by Crippen LogP contribution is -2.34. The average Bonchev–Trinajstić information content (AvgIpc) is 2.99. The highest BCUT2D eigenvalue weighted by atomic mass is 28.2. The zero-order chi connectivity index (χ0) is 28.9. The summed E-state index contributed by atoms with van der Waals surface area (Å²) in [5.74, 6) is -0.172. The Kier molecular flexibility index (Phi) is 7.77. The van der Waals surface area contributed by atoms with Gasteiger partial charge in [-0.2, -0.15) is 0 Å². The van der Waals surface area contributed by atoms with Crippen molar-refractivity contribution in [2.45, 2.75) is 98.5 Å². The van der Waals surface area contributed by atoms with Gasteiger partial charge in [0.1, 0.15) is 5.82 Å². The average molecular weight is 539 g/mol. The van der Waals surface area contributed by atoms with E-state index in [1.54, 1.807) is 12.1 Å². The van der Waals surface area contributed by atoms with E-state index in [9.17, 15) is 4.39 Å². The van der Waals surface area contributed by atoms with Crippen LogP contribution in [0.3, 0.4) is 0 Å². The minimum Gasteiger partial charge on any atom is -0.207 e. The monoisotopic (exact) mass is 538 g/mol. The van der Waals surface area contributed by atoms with Gasteiger partial charge in [-0.3, -0.25) is 0 Å². The van der Waals surface area contributed by atoms with Crippen LogP contribution in [0.4, 0.5) is 4.39 Å². The molecule has 0 aromatic heterocycles. The van der Waals surface area contributed by atoms with Crippen molar-refractivity contribution < 1.29 is 4.39 Å². The molecule has 3 aromatic carbocycles. The van der Waals surface area contributed by atoms with Crippen LogP contribution in [0.2, 0.25) is 5.04 Å². The fraction of sp³-hybridized carbons (Fsp3) is 0.405. The largest absolute Gasteiger partial charge is 0.207 e. The lowest BCUT2D eigenvalue weighted by atomic mass is 9.76. The second-order valence-electron chi connectivity index (χ2n) is 14.1. The van der Waals surface area contributed by atoms with Gasteiger partial charge in [-0.1, -0.05) is 112 Å². The minimum absolute atomic E-state index is 0.0469. The Morgan fingerprint density at radius 2 is 1.18 bits per heavy atom. The third kappa shape index (κ3) is 5.92. The molecule has 0 fully saturated rings. The molecule has 206 valence electrons. The maximum Gasteiger partial charge on any atom is 0.123 e. The normalized spacial score (nSPS) is 18.7. The Labute approximate surface area is 239 Å². The first-order valence-electron chi connectivity index (χ1n) is 14.4. The molecule has 1 unspecified atom stereocenters. The minimum atomic E-state index is -0.843. The van der Waals surface area contributed by atoms with Crippen molar-refractivity contribution in [2.75, 3.05) is 0 Å². The zero-order valence-electron chi connectivity index (χ0n) is 26.1. The molecule has 4 rings (SSSR count). The Morgan fingerprint density at radius 1 is 0.667 bits per heavy atom. The Morgan fingerprint density at radius 3 is 1.67 bits per heavy atom. The summed E-state index contributed by atoms with van der Waals surface area (Å²) >= 11 is 0. The third-order valence-electron chi connectivity index (χ3n) is 8.86. The highest BCUT2D eigenvalue weighted by Gasteiger charge is 2.44. The van der Waals surface area contributed by atoms with E-state index in [1.807, 2.05) is 12.1 Å². The van der Waals surface area contributed by atoms with Gasteiger partial charge in [0, 0.05) is 5.04 Å². The molecule has 0 aliphatic heterocycles. The van der Waals surface area contributed by atoms with E-state index < -0.39 is 9.52 Å². The third-order valence-corrected chi connectivity index (χ3v) is 11.4. The topological polar surface area (TPSA) is 0 Å². The van der Waals surface area contributed by atoms with Gasteiger partial charge in [0.15, 0.2) is 0 Å². The second-order valence-corrected chi connectivity index (χ2v) is 16.5. The molecule has 1 aliphatic rings. The first-order chi connectivity index (χ1) is 18.0. The van der Waals surface area contributed by atoms with Crippen molar-refractivity contribution in [3.05, 3.63) is 117 Å². The quantitative estimate of drug-likeness (QED) is 0.284. The van der Waals surface area contributed by atoms with Crippen LogP contribution in [0.15, 0.2) is 77.4 Å².